The number of H-pyrrole nitrogens is 1. The molecular weight excluding hydrogens is 226 g/mol. The van der Waals surface area contributed by atoms with Gasteiger partial charge in [-0.3, -0.25) is 4.79 Å². The van der Waals surface area contributed by atoms with E-state index in [1.54, 1.807) is 13.0 Å². The van der Waals surface area contributed by atoms with Crippen LogP contribution >= 0.6 is 0 Å². The van der Waals surface area contributed by atoms with Crippen LogP contribution in [0.4, 0.5) is 5.69 Å². The van der Waals surface area contributed by atoms with Gasteiger partial charge in [-0.1, -0.05) is 6.07 Å². The van der Waals surface area contributed by atoms with E-state index < -0.39 is 0 Å². The molecule has 0 aliphatic carbocycles. The summed E-state index contributed by atoms with van der Waals surface area (Å²) in [7, 11) is 0. The van der Waals surface area contributed by atoms with Gasteiger partial charge in [-0.25, -0.2) is 4.98 Å². The molecule has 1 aromatic heterocycles. The van der Waals surface area contributed by atoms with E-state index in [1.165, 1.54) is 11.3 Å². The highest BCUT2D eigenvalue weighted by Gasteiger charge is 2.10. The molecule has 2 N–H and O–H groups in total. The van der Waals surface area contributed by atoms with Crippen molar-refractivity contribution in [2.75, 3.05) is 11.9 Å². The Kier molecular flexibility index (Phi) is 2.63. The highest BCUT2D eigenvalue weighted by molar-refractivity contribution is 5.66. The number of nitrogens with zero attached hydrogens (tertiary/aromatic N) is 1. The van der Waals surface area contributed by atoms with Gasteiger partial charge in [0.15, 0.2) is 0 Å². The van der Waals surface area contributed by atoms with Crippen molar-refractivity contribution in [1.82, 2.24) is 9.97 Å². The van der Waals surface area contributed by atoms with Crippen LogP contribution in [0, 0.1) is 6.92 Å². The number of nitrogens with one attached hydrogen (secondary N) is 2. The summed E-state index contributed by atoms with van der Waals surface area (Å²) < 4.78 is 0. The highest BCUT2D eigenvalue weighted by Crippen LogP contribution is 2.26. The number of benzene rings is 1. The number of fused-ring (bicyclic) bond motifs is 1. The first kappa shape index (κ1) is 11.0. The smallest absolute Gasteiger partial charge is 0.251 e. The summed E-state index contributed by atoms with van der Waals surface area (Å²) in [6.07, 6.45) is 2.23. The van der Waals surface area contributed by atoms with E-state index in [0.717, 1.165) is 30.6 Å². The lowest BCUT2D eigenvalue weighted by Gasteiger charge is -2.18. The minimum Gasteiger partial charge on any atom is -0.385 e. The molecule has 2 heterocycles. The fraction of sp³-hybridized carbons (Fsp3) is 0.286. The van der Waals surface area contributed by atoms with Crippen molar-refractivity contribution in [3.05, 3.63) is 46.0 Å². The average Bonchev–Trinajstić information content (AvgIpc) is 2.37. The van der Waals surface area contributed by atoms with E-state index in [9.17, 15) is 4.79 Å². The Morgan fingerprint density at radius 1 is 1.28 bits per heavy atom. The molecular formula is C14H15N3O. The highest BCUT2D eigenvalue weighted by atomic mass is 16.1. The second kappa shape index (κ2) is 4.29. The fourth-order valence-corrected chi connectivity index (χ4v) is 2.36. The van der Waals surface area contributed by atoms with E-state index in [2.05, 4.69) is 27.4 Å². The molecule has 0 fully saturated rings. The van der Waals surface area contributed by atoms with Crippen LogP contribution in [-0.4, -0.2) is 16.5 Å². The summed E-state index contributed by atoms with van der Waals surface area (Å²) in [5, 5.41) is 3.38. The van der Waals surface area contributed by atoms with Gasteiger partial charge < -0.3 is 10.3 Å². The number of rotatable bonds is 1. The first-order valence-electron chi connectivity index (χ1n) is 6.17. The predicted octanol–water partition coefficient (Wildman–Crippen LogP) is 2.10. The molecule has 0 radical (unpaired) electrons. The molecule has 3 rings (SSSR count). The van der Waals surface area contributed by atoms with Crippen molar-refractivity contribution in [1.29, 1.82) is 0 Å². The Bertz CT molecular complexity index is 646. The van der Waals surface area contributed by atoms with Crippen molar-refractivity contribution < 1.29 is 0 Å². The number of hydrogen-bond acceptors (Lipinski definition) is 3. The van der Waals surface area contributed by atoms with Gasteiger partial charge in [-0.05, 0) is 37.5 Å². The number of aryl methyl sites for hydroxylation is 2. The molecule has 0 saturated heterocycles. The number of hydrogen-bond donors (Lipinski definition) is 2. The molecule has 1 aliphatic heterocycles. The molecule has 2 aromatic rings. The van der Waals surface area contributed by atoms with Crippen LogP contribution in [0.5, 0.6) is 0 Å². The van der Waals surface area contributed by atoms with Crippen molar-refractivity contribution in [2.24, 2.45) is 0 Å². The van der Waals surface area contributed by atoms with Crippen LogP contribution in [0.3, 0.4) is 0 Å². The van der Waals surface area contributed by atoms with Crippen molar-refractivity contribution in [3.8, 4) is 11.3 Å². The molecule has 4 nitrogen and oxygen atoms in total. The lowest BCUT2D eigenvalue weighted by molar-refractivity contribution is 0.830. The Balaban J connectivity index is 2.08. The second-order valence-corrected chi connectivity index (χ2v) is 4.62. The van der Waals surface area contributed by atoms with Crippen molar-refractivity contribution in [2.45, 2.75) is 19.8 Å². The van der Waals surface area contributed by atoms with Gasteiger partial charge in [0.05, 0.1) is 5.69 Å². The van der Waals surface area contributed by atoms with E-state index in [4.69, 9.17) is 0 Å². The fourth-order valence-electron chi connectivity index (χ4n) is 2.36. The maximum Gasteiger partial charge on any atom is 0.251 e. The Morgan fingerprint density at radius 2 is 2.17 bits per heavy atom. The topological polar surface area (TPSA) is 57.8 Å². The largest absolute Gasteiger partial charge is 0.385 e. The molecule has 0 atom stereocenters. The third-order valence-corrected chi connectivity index (χ3v) is 3.20. The monoisotopic (exact) mass is 241 g/mol. The maximum absolute atomic E-state index is 11.5. The zero-order chi connectivity index (χ0) is 12.5. The summed E-state index contributed by atoms with van der Waals surface area (Å²) in [5.74, 6) is 0.647. The van der Waals surface area contributed by atoms with Gasteiger partial charge >= 0.3 is 0 Å². The Labute approximate surface area is 105 Å². The predicted molar refractivity (Wildman–Crippen MR) is 71.8 cm³/mol. The molecule has 0 spiro atoms. The van der Waals surface area contributed by atoms with Gasteiger partial charge in [-0.2, -0.15) is 0 Å². The van der Waals surface area contributed by atoms with Gasteiger partial charge in [-0.15, -0.1) is 0 Å². The van der Waals surface area contributed by atoms with Crippen molar-refractivity contribution >= 4 is 5.69 Å². The van der Waals surface area contributed by atoms with Gasteiger partial charge in [0.1, 0.15) is 5.82 Å². The minimum absolute atomic E-state index is 0.103. The molecule has 0 amide bonds. The normalized spacial score (nSPS) is 13.8. The third-order valence-electron chi connectivity index (χ3n) is 3.20. The Morgan fingerprint density at radius 3 is 3.00 bits per heavy atom. The molecule has 0 unspecified atom stereocenters. The summed E-state index contributed by atoms with van der Waals surface area (Å²) in [4.78, 5) is 18.5. The summed E-state index contributed by atoms with van der Waals surface area (Å²) in [6, 6.07) is 7.76. The zero-order valence-electron chi connectivity index (χ0n) is 10.3. The molecule has 1 aromatic carbocycles. The first-order valence-corrected chi connectivity index (χ1v) is 6.17. The van der Waals surface area contributed by atoms with Gasteiger partial charge in [0.2, 0.25) is 0 Å². The van der Waals surface area contributed by atoms with Crippen LogP contribution in [-0.2, 0) is 6.42 Å². The molecule has 92 valence electrons. The third kappa shape index (κ3) is 2.01. The minimum atomic E-state index is -0.103. The molecule has 0 bridgehead atoms. The van der Waals surface area contributed by atoms with Crippen LogP contribution in [0.1, 0.15) is 17.8 Å². The van der Waals surface area contributed by atoms with Gasteiger partial charge in [0, 0.05) is 23.9 Å². The number of anilines is 1. The van der Waals surface area contributed by atoms with Crippen molar-refractivity contribution in [3.63, 3.8) is 0 Å². The SMILES string of the molecule is Cc1nc(-c2ccc3c(c2)CCCN3)cc(=O)[nH]1. The zero-order valence-corrected chi connectivity index (χ0v) is 10.3. The van der Waals surface area contributed by atoms with Gasteiger partial charge in [0.25, 0.3) is 5.56 Å². The summed E-state index contributed by atoms with van der Waals surface area (Å²) in [6.45, 7) is 2.83. The lowest BCUT2D eigenvalue weighted by Crippen LogP contribution is -2.12. The van der Waals surface area contributed by atoms with Crippen LogP contribution in [0.15, 0.2) is 29.1 Å². The summed E-state index contributed by atoms with van der Waals surface area (Å²) in [5.41, 5.74) is 4.15. The van der Waals surface area contributed by atoms with E-state index in [1.807, 2.05) is 6.07 Å². The van der Waals surface area contributed by atoms with E-state index >= 15 is 0 Å². The molecule has 0 saturated carbocycles. The maximum atomic E-state index is 11.5. The van der Waals surface area contributed by atoms with E-state index in [-0.39, 0.29) is 5.56 Å². The van der Waals surface area contributed by atoms with Crippen LogP contribution in [0.25, 0.3) is 11.3 Å². The van der Waals surface area contributed by atoms with E-state index in [0.29, 0.717) is 5.82 Å². The average molecular weight is 241 g/mol. The summed E-state index contributed by atoms with van der Waals surface area (Å²) >= 11 is 0. The molecule has 1 aliphatic rings. The standard InChI is InChI=1S/C14H15N3O/c1-9-16-13(8-14(18)17-9)11-4-5-12-10(7-11)3-2-6-15-12/h4-5,7-8,15H,2-3,6H2,1H3,(H,16,17,18). The Hall–Kier alpha value is -2.10. The molecule has 18 heavy (non-hydrogen) atoms. The number of aromatic amines is 1. The quantitative estimate of drug-likeness (QED) is 0.804. The van der Waals surface area contributed by atoms with Crippen LogP contribution in [0.2, 0.25) is 0 Å². The number of aromatic nitrogens is 2. The second-order valence-electron chi connectivity index (χ2n) is 4.62. The lowest BCUT2D eigenvalue weighted by atomic mass is 9.99. The van der Waals surface area contributed by atoms with Crippen LogP contribution < -0.4 is 10.9 Å². The molecule has 4 heteroatoms. The first-order chi connectivity index (χ1) is 8.72.